The summed E-state index contributed by atoms with van der Waals surface area (Å²) in [4.78, 5) is 16.9. The van der Waals surface area contributed by atoms with Gasteiger partial charge in [-0.05, 0) is 66.4 Å². The van der Waals surface area contributed by atoms with Crippen LogP contribution in [0, 0.1) is 12.7 Å². The molecule has 1 amide bonds. The zero-order valence-corrected chi connectivity index (χ0v) is 20.2. The standard InChI is InChI=1S/C25H25ClFN3O3S/c1-17-13-20(19-5-3-2-4-6-19)14-23(24(17)27)25(31)28-29-34(32,33)22-11-12-30(16-22)15-18-7-9-21(26)10-8-18/h2-10,13-14,22,29H,11-12,15-16H2,1H3,(H,28,31). The molecular formula is C25H25ClFN3O3S. The van der Waals surface area contributed by atoms with Gasteiger partial charge in [0, 0.05) is 18.1 Å². The Hall–Kier alpha value is -2.78. The van der Waals surface area contributed by atoms with Crippen molar-refractivity contribution in [3.05, 3.63) is 94.3 Å². The topological polar surface area (TPSA) is 78.5 Å². The Bertz CT molecular complexity index is 1280. The highest BCUT2D eigenvalue weighted by Crippen LogP contribution is 2.25. The predicted octanol–water partition coefficient (Wildman–Crippen LogP) is 4.29. The van der Waals surface area contributed by atoms with E-state index in [2.05, 4.69) is 10.3 Å². The first-order chi connectivity index (χ1) is 16.2. The maximum Gasteiger partial charge on any atom is 0.269 e. The smallest absolute Gasteiger partial charge is 0.269 e. The lowest BCUT2D eigenvalue weighted by molar-refractivity contribution is 0.0940. The van der Waals surface area contributed by atoms with E-state index in [-0.39, 0.29) is 5.56 Å². The number of sulfonamides is 1. The summed E-state index contributed by atoms with van der Waals surface area (Å²) in [6.07, 6.45) is 0.426. The van der Waals surface area contributed by atoms with E-state index in [9.17, 15) is 17.6 Å². The van der Waals surface area contributed by atoms with Gasteiger partial charge < -0.3 is 0 Å². The minimum atomic E-state index is -3.85. The second-order valence-corrected chi connectivity index (χ2v) is 10.8. The largest absolute Gasteiger partial charge is 0.298 e. The average molecular weight is 502 g/mol. The van der Waals surface area contributed by atoms with Gasteiger partial charge in [-0.1, -0.05) is 54.1 Å². The van der Waals surface area contributed by atoms with Crippen LogP contribution in [0.15, 0.2) is 66.7 Å². The summed E-state index contributed by atoms with van der Waals surface area (Å²) >= 11 is 5.91. The van der Waals surface area contributed by atoms with Crippen molar-refractivity contribution < 1.29 is 17.6 Å². The number of hydrazine groups is 1. The van der Waals surface area contributed by atoms with Gasteiger partial charge in [0.25, 0.3) is 5.91 Å². The first-order valence-electron chi connectivity index (χ1n) is 10.9. The summed E-state index contributed by atoms with van der Waals surface area (Å²) in [5, 5.41) is -0.0474. The van der Waals surface area contributed by atoms with Crippen LogP contribution in [0.2, 0.25) is 5.02 Å². The third-order valence-corrected chi connectivity index (χ3v) is 7.80. The van der Waals surface area contributed by atoms with Crippen LogP contribution in [0.5, 0.6) is 0 Å². The third-order valence-electron chi connectivity index (χ3n) is 5.90. The Kier molecular flexibility index (Phi) is 7.33. The molecule has 1 aliphatic rings. The lowest BCUT2D eigenvalue weighted by atomic mass is 9.99. The number of benzene rings is 3. The molecule has 0 spiro atoms. The number of hydrogen-bond donors (Lipinski definition) is 2. The van der Waals surface area contributed by atoms with Gasteiger partial charge in [-0.2, -0.15) is 0 Å². The summed E-state index contributed by atoms with van der Waals surface area (Å²) in [5.41, 5.74) is 4.78. The molecule has 1 heterocycles. The maximum atomic E-state index is 14.7. The highest BCUT2D eigenvalue weighted by molar-refractivity contribution is 7.90. The highest BCUT2D eigenvalue weighted by Gasteiger charge is 2.33. The molecule has 0 radical (unpaired) electrons. The van der Waals surface area contributed by atoms with E-state index in [1.54, 1.807) is 25.1 Å². The molecule has 1 fully saturated rings. The van der Waals surface area contributed by atoms with Gasteiger partial charge in [0.05, 0.1) is 10.8 Å². The molecule has 0 aliphatic carbocycles. The predicted molar refractivity (Wildman–Crippen MR) is 131 cm³/mol. The fourth-order valence-electron chi connectivity index (χ4n) is 4.04. The molecule has 1 atom stereocenters. The molecule has 9 heteroatoms. The van der Waals surface area contributed by atoms with Gasteiger partial charge in [-0.25, -0.2) is 12.8 Å². The summed E-state index contributed by atoms with van der Waals surface area (Å²) in [6.45, 7) is 3.10. The molecule has 2 N–H and O–H groups in total. The molecule has 4 rings (SSSR count). The number of likely N-dealkylation sites (tertiary alicyclic amines) is 1. The summed E-state index contributed by atoms with van der Waals surface area (Å²) in [5.74, 6) is -1.54. The number of nitrogens with zero attached hydrogens (tertiary/aromatic N) is 1. The minimum Gasteiger partial charge on any atom is -0.298 e. The highest BCUT2D eigenvalue weighted by atomic mass is 35.5. The SMILES string of the molecule is Cc1cc(-c2ccccc2)cc(C(=O)NNS(=O)(=O)C2CCN(Cc3ccc(Cl)cc3)C2)c1F. The second-order valence-electron chi connectivity index (χ2n) is 8.39. The summed E-state index contributed by atoms with van der Waals surface area (Å²) < 4.78 is 40.3. The molecule has 0 bridgehead atoms. The Labute approximate surface area is 203 Å². The van der Waals surface area contributed by atoms with Crippen LogP contribution in [0.1, 0.15) is 27.9 Å². The van der Waals surface area contributed by atoms with Gasteiger partial charge in [0.15, 0.2) is 0 Å². The quantitative estimate of drug-likeness (QED) is 0.473. The summed E-state index contributed by atoms with van der Waals surface area (Å²) in [7, 11) is -3.85. The van der Waals surface area contributed by atoms with Crippen molar-refractivity contribution >= 4 is 27.5 Å². The molecule has 178 valence electrons. The van der Waals surface area contributed by atoms with Gasteiger partial charge in [-0.15, -0.1) is 4.83 Å². The van der Waals surface area contributed by atoms with Crippen molar-refractivity contribution in [2.75, 3.05) is 13.1 Å². The van der Waals surface area contributed by atoms with Gasteiger partial charge in [-0.3, -0.25) is 15.1 Å². The zero-order chi connectivity index (χ0) is 24.3. The van der Waals surface area contributed by atoms with Gasteiger partial charge in [0.1, 0.15) is 5.82 Å². The zero-order valence-electron chi connectivity index (χ0n) is 18.6. The van der Waals surface area contributed by atoms with E-state index in [0.717, 1.165) is 11.1 Å². The van der Waals surface area contributed by atoms with Crippen LogP contribution >= 0.6 is 11.6 Å². The molecule has 0 aromatic heterocycles. The van der Waals surface area contributed by atoms with Crippen LogP contribution in [-0.2, 0) is 16.6 Å². The van der Waals surface area contributed by atoms with Crippen molar-refractivity contribution in [1.82, 2.24) is 15.2 Å². The second kappa shape index (κ2) is 10.2. The first-order valence-corrected chi connectivity index (χ1v) is 12.8. The summed E-state index contributed by atoms with van der Waals surface area (Å²) in [6, 6.07) is 19.7. The third kappa shape index (κ3) is 5.64. The molecule has 1 unspecified atom stereocenters. The van der Waals surface area contributed by atoms with E-state index < -0.39 is 27.0 Å². The van der Waals surface area contributed by atoms with E-state index in [1.165, 1.54) is 6.07 Å². The van der Waals surface area contributed by atoms with Crippen LogP contribution in [0.3, 0.4) is 0 Å². The van der Waals surface area contributed by atoms with Crippen LogP contribution < -0.4 is 10.3 Å². The number of amides is 1. The van der Waals surface area contributed by atoms with Crippen molar-refractivity contribution in [2.24, 2.45) is 0 Å². The number of carbonyl (C=O) groups is 1. The number of carbonyl (C=O) groups excluding carboxylic acids is 1. The number of nitrogens with one attached hydrogen (secondary N) is 2. The van der Waals surface area contributed by atoms with Gasteiger partial charge >= 0.3 is 0 Å². The Morgan fingerprint density at radius 2 is 1.79 bits per heavy atom. The lowest BCUT2D eigenvalue weighted by Crippen LogP contribution is -2.46. The van der Waals surface area contributed by atoms with E-state index in [1.807, 2.05) is 47.4 Å². The molecule has 6 nitrogen and oxygen atoms in total. The van der Waals surface area contributed by atoms with E-state index >= 15 is 0 Å². The fourth-order valence-corrected chi connectivity index (χ4v) is 5.39. The molecule has 1 aliphatic heterocycles. The minimum absolute atomic E-state index is 0.225. The van der Waals surface area contributed by atoms with Crippen LogP contribution in [-0.4, -0.2) is 37.6 Å². The Balaban J connectivity index is 1.40. The lowest BCUT2D eigenvalue weighted by Gasteiger charge is -2.17. The van der Waals surface area contributed by atoms with Crippen molar-refractivity contribution in [3.63, 3.8) is 0 Å². The monoisotopic (exact) mass is 501 g/mol. The first kappa shape index (κ1) is 24.3. The van der Waals surface area contributed by atoms with Crippen LogP contribution in [0.25, 0.3) is 11.1 Å². The van der Waals surface area contributed by atoms with Crippen LogP contribution in [0.4, 0.5) is 4.39 Å². The van der Waals surface area contributed by atoms with Crippen molar-refractivity contribution in [2.45, 2.75) is 25.1 Å². The molecule has 3 aromatic rings. The van der Waals surface area contributed by atoms with E-state index in [4.69, 9.17) is 11.6 Å². The molecule has 3 aromatic carbocycles. The number of halogens is 2. The number of rotatable bonds is 7. The van der Waals surface area contributed by atoms with Gasteiger partial charge in [0.2, 0.25) is 10.0 Å². The Morgan fingerprint density at radius 3 is 2.50 bits per heavy atom. The van der Waals surface area contributed by atoms with E-state index in [0.29, 0.717) is 42.2 Å². The number of hydrogen-bond acceptors (Lipinski definition) is 4. The maximum absolute atomic E-state index is 14.7. The Morgan fingerprint density at radius 1 is 1.09 bits per heavy atom. The molecule has 1 saturated heterocycles. The normalized spacial score (nSPS) is 16.5. The average Bonchev–Trinajstić information content (AvgIpc) is 3.31. The fraction of sp³-hybridized carbons (Fsp3) is 0.240. The molecular weight excluding hydrogens is 477 g/mol. The van der Waals surface area contributed by atoms with Crippen molar-refractivity contribution in [3.8, 4) is 11.1 Å². The molecule has 34 heavy (non-hydrogen) atoms. The number of aryl methyl sites for hydroxylation is 1. The molecule has 0 saturated carbocycles. The van der Waals surface area contributed by atoms with Crippen molar-refractivity contribution in [1.29, 1.82) is 0 Å².